The molecule has 1 saturated heterocycles. The van der Waals surface area contributed by atoms with Gasteiger partial charge in [0.05, 0.1) is 12.5 Å². The van der Waals surface area contributed by atoms with Gasteiger partial charge in [-0.15, -0.1) is 11.3 Å². The van der Waals surface area contributed by atoms with Crippen LogP contribution in [0.5, 0.6) is 0 Å². The van der Waals surface area contributed by atoms with Crippen LogP contribution in [0.25, 0.3) is 0 Å². The zero-order chi connectivity index (χ0) is 11.5. The molecule has 16 heavy (non-hydrogen) atoms. The van der Waals surface area contributed by atoms with Gasteiger partial charge in [0.15, 0.2) is 0 Å². The van der Waals surface area contributed by atoms with E-state index in [0.29, 0.717) is 12.6 Å². The Morgan fingerprint density at radius 1 is 1.62 bits per heavy atom. The highest BCUT2D eigenvalue weighted by molar-refractivity contribution is 7.11. The number of carbonyl (C=O) groups is 1. The molecule has 2 atom stereocenters. The van der Waals surface area contributed by atoms with Crippen molar-refractivity contribution in [1.82, 2.24) is 10.6 Å². The maximum Gasteiger partial charge on any atom is 0.225 e. The average molecular weight is 238 g/mol. The molecule has 1 aliphatic heterocycles. The Morgan fingerprint density at radius 2 is 2.44 bits per heavy atom. The van der Waals surface area contributed by atoms with Crippen molar-refractivity contribution in [3.8, 4) is 0 Å². The van der Waals surface area contributed by atoms with Gasteiger partial charge in [-0.3, -0.25) is 4.79 Å². The zero-order valence-corrected chi connectivity index (χ0v) is 10.6. The Labute approximate surface area is 100 Å². The molecule has 1 amide bonds. The second kappa shape index (κ2) is 4.97. The molecule has 2 heterocycles. The molecule has 3 nitrogen and oxygen atoms in total. The van der Waals surface area contributed by atoms with Crippen LogP contribution in [0.15, 0.2) is 12.1 Å². The summed E-state index contributed by atoms with van der Waals surface area (Å²) in [7, 11) is 0. The number of amides is 1. The van der Waals surface area contributed by atoms with Crippen LogP contribution in [-0.4, -0.2) is 18.5 Å². The fourth-order valence-electron chi connectivity index (χ4n) is 2.10. The van der Waals surface area contributed by atoms with E-state index < -0.39 is 0 Å². The minimum Gasteiger partial charge on any atom is -0.351 e. The standard InChI is InChI=1S/C12H18N2OS/c1-8-3-4-10(16-8)7-14-12(15)11-5-6-13-9(11)2/h3-4,9,11,13H,5-7H2,1-2H3,(H,14,15). The molecule has 0 spiro atoms. The Morgan fingerprint density at radius 3 is 3.00 bits per heavy atom. The van der Waals surface area contributed by atoms with Gasteiger partial charge >= 0.3 is 0 Å². The highest BCUT2D eigenvalue weighted by atomic mass is 32.1. The highest BCUT2D eigenvalue weighted by Gasteiger charge is 2.28. The molecular weight excluding hydrogens is 220 g/mol. The Bertz CT molecular complexity index is 375. The van der Waals surface area contributed by atoms with E-state index >= 15 is 0 Å². The minimum atomic E-state index is 0.140. The molecule has 0 aromatic carbocycles. The van der Waals surface area contributed by atoms with Gasteiger partial charge in [0.2, 0.25) is 5.91 Å². The lowest BCUT2D eigenvalue weighted by atomic mass is 10.0. The van der Waals surface area contributed by atoms with Crippen molar-refractivity contribution >= 4 is 17.2 Å². The monoisotopic (exact) mass is 238 g/mol. The van der Waals surface area contributed by atoms with Crippen LogP contribution >= 0.6 is 11.3 Å². The van der Waals surface area contributed by atoms with E-state index in [4.69, 9.17) is 0 Å². The first-order valence-electron chi connectivity index (χ1n) is 5.73. The number of thiophene rings is 1. The van der Waals surface area contributed by atoms with Crippen molar-refractivity contribution in [2.45, 2.75) is 32.9 Å². The van der Waals surface area contributed by atoms with Crippen LogP contribution in [0, 0.1) is 12.8 Å². The normalized spacial score (nSPS) is 24.6. The SMILES string of the molecule is Cc1ccc(CNC(=O)C2CCNC2C)s1. The molecule has 88 valence electrons. The van der Waals surface area contributed by atoms with Gasteiger partial charge in [0.1, 0.15) is 0 Å². The topological polar surface area (TPSA) is 41.1 Å². The van der Waals surface area contributed by atoms with Crippen LogP contribution in [-0.2, 0) is 11.3 Å². The van der Waals surface area contributed by atoms with Gasteiger partial charge in [-0.05, 0) is 38.9 Å². The third-order valence-corrected chi connectivity index (χ3v) is 4.10. The summed E-state index contributed by atoms with van der Waals surface area (Å²) in [5.74, 6) is 0.324. The second-order valence-electron chi connectivity index (χ2n) is 4.37. The van der Waals surface area contributed by atoms with Gasteiger partial charge in [0.25, 0.3) is 0 Å². The number of carbonyl (C=O) groups excluding carboxylic acids is 1. The maximum atomic E-state index is 11.9. The summed E-state index contributed by atoms with van der Waals surface area (Å²) in [5, 5.41) is 6.31. The fraction of sp³-hybridized carbons (Fsp3) is 0.583. The van der Waals surface area contributed by atoms with Gasteiger partial charge in [-0.25, -0.2) is 0 Å². The molecule has 2 N–H and O–H groups in total. The van der Waals surface area contributed by atoms with Gasteiger partial charge in [-0.2, -0.15) is 0 Å². The molecular formula is C12H18N2OS. The average Bonchev–Trinajstić information content (AvgIpc) is 2.84. The van der Waals surface area contributed by atoms with E-state index in [2.05, 4.69) is 36.6 Å². The molecule has 1 aromatic heterocycles. The van der Waals surface area contributed by atoms with E-state index in [9.17, 15) is 4.79 Å². The molecule has 0 bridgehead atoms. The lowest BCUT2D eigenvalue weighted by molar-refractivity contribution is -0.125. The molecule has 2 rings (SSSR count). The number of rotatable bonds is 3. The zero-order valence-electron chi connectivity index (χ0n) is 9.75. The Hall–Kier alpha value is -0.870. The fourth-order valence-corrected chi connectivity index (χ4v) is 2.93. The van der Waals surface area contributed by atoms with Gasteiger partial charge < -0.3 is 10.6 Å². The second-order valence-corrected chi connectivity index (χ2v) is 5.74. The van der Waals surface area contributed by atoms with E-state index in [0.717, 1.165) is 13.0 Å². The minimum absolute atomic E-state index is 0.140. The highest BCUT2D eigenvalue weighted by Crippen LogP contribution is 2.17. The van der Waals surface area contributed by atoms with E-state index in [1.807, 2.05) is 0 Å². The largest absolute Gasteiger partial charge is 0.351 e. The van der Waals surface area contributed by atoms with Crippen LogP contribution in [0.1, 0.15) is 23.1 Å². The Balaban J connectivity index is 1.83. The van der Waals surface area contributed by atoms with Crippen molar-refractivity contribution in [2.75, 3.05) is 6.54 Å². The van der Waals surface area contributed by atoms with Crippen molar-refractivity contribution in [1.29, 1.82) is 0 Å². The van der Waals surface area contributed by atoms with Crippen molar-refractivity contribution in [3.05, 3.63) is 21.9 Å². The van der Waals surface area contributed by atoms with Gasteiger partial charge in [0, 0.05) is 15.8 Å². The molecule has 0 aliphatic carbocycles. The number of hydrogen-bond donors (Lipinski definition) is 2. The summed E-state index contributed by atoms with van der Waals surface area (Å²) in [6.07, 6.45) is 0.955. The number of nitrogens with one attached hydrogen (secondary N) is 2. The third kappa shape index (κ3) is 2.62. The smallest absolute Gasteiger partial charge is 0.225 e. The summed E-state index contributed by atoms with van der Waals surface area (Å²) in [6, 6.07) is 4.48. The summed E-state index contributed by atoms with van der Waals surface area (Å²) < 4.78 is 0. The predicted molar refractivity (Wildman–Crippen MR) is 66.5 cm³/mol. The van der Waals surface area contributed by atoms with Crippen molar-refractivity contribution < 1.29 is 4.79 Å². The predicted octanol–water partition coefficient (Wildman–Crippen LogP) is 1.67. The van der Waals surface area contributed by atoms with E-state index in [1.54, 1.807) is 11.3 Å². The van der Waals surface area contributed by atoms with Crippen molar-refractivity contribution in [3.63, 3.8) is 0 Å². The maximum absolute atomic E-state index is 11.9. The quantitative estimate of drug-likeness (QED) is 0.841. The molecule has 0 radical (unpaired) electrons. The van der Waals surface area contributed by atoms with E-state index in [1.165, 1.54) is 9.75 Å². The van der Waals surface area contributed by atoms with E-state index in [-0.39, 0.29) is 11.8 Å². The molecule has 1 fully saturated rings. The van der Waals surface area contributed by atoms with Crippen LogP contribution < -0.4 is 10.6 Å². The summed E-state index contributed by atoms with van der Waals surface area (Å²) >= 11 is 1.74. The van der Waals surface area contributed by atoms with Crippen LogP contribution in [0.2, 0.25) is 0 Å². The third-order valence-electron chi connectivity index (χ3n) is 3.09. The summed E-state index contributed by atoms with van der Waals surface area (Å²) in [6.45, 7) is 5.78. The lowest BCUT2D eigenvalue weighted by Crippen LogP contribution is -2.36. The van der Waals surface area contributed by atoms with Crippen LogP contribution in [0.4, 0.5) is 0 Å². The molecule has 1 aromatic rings. The van der Waals surface area contributed by atoms with Gasteiger partial charge in [-0.1, -0.05) is 0 Å². The summed E-state index contributed by atoms with van der Waals surface area (Å²) in [4.78, 5) is 14.4. The molecule has 1 aliphatic rings. The number of aryl methyl sites for hydroxylation is 1. The lowest BCUT2D eigenvalue weighted by Gasteiger charge is -2.14. The molecule has 2 unspecified atom stereocenters. The number of hydrogen-bond acceptors (Lipinski definition) is 3. The Kier molecular flexibility index (Phi) is 3.61. The first kappa shape index (κ1) is 11.6. The van der Waals surface area contributed by atoms with Crippen LogP contribution in [0.3, 0.4) is 0 Å². The van der Waals surface area contributed by atoms with Crippen molar-refractivity contribution in [2.24, 2.45) is 5.92 Å². The first-order valence-corrected chi connectivity index (χ1v) is 6.55. The first-order chi connectivity index (χ1) is 7.66. The summed E-state index contributed by atoms with van der Waals surface area (Å²) in [5.41, 5.74) is 0. The molecule has 4 heteroatoms. The molecule has 0 saturated carbocycles.